The summed E-state index contributed by atoms with van der Waals surface area (Å²) in [6.07, 6.45) is 7.32. The molecule has 39 heavy (non-hydrogen) atoms. The van der Waals surface area contributed by atoms with Gasteiger partial charge in [0.15, 0.2) is 0 Å². The van der Waals surface area contributed by atoms with Crippen molar-refractivity contribution in [2.75, 3.05) is 0 Å². The Morgan fingerprint density at radius 3 is 2.00 bits per heavy atom. The Kier molecular flexibility index (Phi) is 8.83. The molecule has 0 bridgehead atoms. The molecule has 4 aromatic carbocycles. The van der Waals surface area contributed by atoms with Crippen LogP contribution in [0.3, 0.4) is 0 Å². The van der Waals surface area contributed by atoms with Crippen molar-refractivity contribution < 1.29 is 8.42 Å². The van der Waals surface area contributed by atoms with Gasteiger partial charge >= 0.3 is 0 Å². The van der Waals surface area contributed by atoms with E-state index in [1.807, 2.05) is 24.4 Å². The molecule has 0 unspecified atom stereocenters. The van der Waals surface area contributed by atoms with Gasteiger partial charge in [0.2, 0.25) is 10.0 Å². The quantitative estimate of drug-likeness (QED) is 0.211. The van der Waals surface area contributed by atoms with E-state index in [9.17, 15) is 8.42 Å². The molecular formula is C33H33N2O2PS. The fourth-order valence-electron chi connectivity index (χ4n) is 5.04. The van der Waals surface area contributed by atoms with Gasteiger partial charge in [-0.05, 0) is 54.4 Å². The highest BCUT2D eigenvalue weighted by atomic mass is 32.2. The maximum Gasteiger partial charge on any atom is 0.240 e. The van der Waals surface area contributed by atoms with Gasteiger partial charge < -0.3 is 0 Å². The zero-order valence-corrected chi connectivity index (χ0v) is 23.6. The van der Waals surface area contributed by atoms with Crippen LogP contribution in [0, 0.1) is 0 Å². The van der Waals surface area contributed by atoms with Crippen LogP contribution in [-0.4, -0.2) is 26.7 Å². The lowest BCUT2D eigenvalue weighted by molar-refractivity contribution is 0.363. The number of hydrogen-bond acceptors (Lipinski definition) is 3. The van der Waals surface area contributed by atoms with Crippen LogP contribution < -0.4 is 20.6 Å². The van der Waals surface area contributed by atoms with E-state index in [4.69, 9.17) is 4.99 Å². The van der Waals surface area contributed by atoms with Crippen LogP contribution in [0.1, 0.15) is 36.8 Å². The second-order valence-corrected chi connectivity index (χ2v) is 13.6. The minimum Gasteiger partial charge on any atom is -0.288 e. The average molecular weight is 553 g/mol. The topological polar surface area (TPSA) is 58.5 Å². The van der Waals surface area contributed by atoms with E-state index >= 15 is 0 Å². The van der Waals surface area contributed by atoms with E-state index in [2.05, 4.69) is 78.0 Å². The van der Waals surface area contributed by atoms with Crippen molar-refractivity contribution in [2.45, 2.75) is 42.7 Å². The van der Waals surface area contributed by atoms with E-state index in [1.165, 1.54) is 15.9 Å². The fraction of sp³-hybridized carbons (Fsp3) is 0.182. The molecule has 198 valence electrons. The molecule has 1 aliphatic carbocycles. The minimum atomic E-state index is -3.65. The van der Waals surface area contributed by atoms with Gasteiger partial charge in [-0.1, -0.05) is 123 Å². The Bertz CT molecular complexity index is 1480. The lowest BCUT2D eigenvalue weighted by Gasteiger charge is -2.29. The van der Waals surface area contributed by atoms with Crippen molar-refractivity contribution in [1.29, 1.82) is 0 Å². The zero-order valence-electron chi connectivity index (χ0n) is 21.9. The van der Waals surface area contributed by atoms with Crippen molar-refractivity contribution in [2.24, 2.45) is 4.99 Å². The van der Waals surface area contributed by atoms with Crippen molar-refractivity contribution in [3.63, 3.8) is 0 Å². The minimum absolute atomic E-state index is 0.117. The highest BCUT2D eigenvalue weighted by Gasteiger charge is 2.29. The van der Waals surface area contributed by atoms with Gasteiger partial charge in [0, 0.05) is 17.8 Å². The van der Waals surface area contributed by atoms with Crippen LogP contribution >= 0.6 is 7.92 Å². The van der Waals surface area contributed by atoms with Crippen molar-refractivity contribution in [3.8, 4) is 0 Å². The largest absolute Gasteiger partial charge is 0.288 e. The molecule has 0 heterocycles. The molecule has 0 amide bonds. The SMILES string of the molecule is C=Cc1ccc(S(=O)(=O)N[C@@H]2CCCC[C@H]2N=Cc2ccccc2P(c2ccccc2)c2ccccc2)cc1. The monoisotopic (exact) mass is 552 g/mol. The molecule has 1 aliphatic rings. The molecule has 2 atom stereocenters. The van der Waals surface area contributed by atoms with Crippen LogP contribution in [0.2, 0.25) is 0 Å². The van der Waals surface area contributed by atoms with E-state index < -0.39 is 17.9 Å². The highest BCUT2D eigenvalue weighted by molar-refractivity contribution is 7.89. The number of nitrogens with one attached hydrogen (secondary N) is 1. The van der Waals surface area contributed by atoms with Gasteiger partial charge in [0.05, 0.1) is 10.9 Å². The molecule has 1 saturated carbocycles. The molecule has 6 heteroatoms. The van der Waals surface area contributed by atoms with E-state index in [-0.39, 0.29) is 17.0 Å². The molecule has 0 aliphatic heterocycles. The third kappa shape index (κ3) is 6.62. The number of aliphatic imine (C=N–C) groups is 1. The third-order valence-electron chi connectivity index (χ3n) is 7.07. The Hall–Kier alpha value is -3.37. The first-order valence-electron chi connectivity index (χ1n) is 13.3. The van der Waals surface area contributed by atoms with E-state index in [1.54, 1.807) is 30.3 Å². The molecule has 0 aromatic heterocycles. The Labute approximate surface area is 233 Å². The smallest absolute Gasteiger partial charge is 0.240 e. The lowest BCUT2D eigenvalue weighted by Crippen LogP contribution is -2.44. The van der Waals surface area contributed by atoms with E-state index in [0.29, 0.717) is 0 Å². The van der Waals surface area contributed by atoms with Crippen LogP contribution in [-0.2, 0) is 10.0 Å². The summed E-state index contributed by atoms with van der Waals surface area (Å²) in [5.41, 5.74) is 1.96. The third-order valence-corrected chi connectivity index (χ3v) is 11.1. The fourth-order valence-corrected chi connectivity index (χ4v) is 8.76. The number of hydrogen-bond donors (Lipinski definition) is 1. The molecule has 1 N–H and O–H groups in total. The second kappa shape index (κ2) is 12.7. The van der Waals surface area contributed by atoms with Crippen LogP contribution in [0.5, 0.6) is 0 Å². The Morgan fingerprint density at radius 1 is 0.769 bits per heavy atom. The summed E-state index contributed by atoms with van der Waals surface area (Å²) in [4.78, 5) is 5.28. The molecule has 0 saturated heterocycles. The lowest BCUT2D eigenvalue weighted by atomic mass is 9.91. The van der Waals surface area contributed by atoms with Gasteiger partial charge in [-0.2, -0.15) is 0 Å². The van der Waals surface area contributed by atoms with Gasteiger partial charge in [0.1, 0.15) is 0 Å². The molecule has 0 radical (unpaired) electrons. The summed E-state index contributed by atoms with van der Waals surface area (Å²) >= 11 is 0. The predicted molar refractivity (Wildman–Crippen MR) is 166 cm³/mol. The first-order valence-corrected chi connectivity index (χ1v) is 16.1. The highest BCUT2D eigenvalue weighted by Crippen LogP contribution is 2.34. The maximum absolute atomic E-state index is 13.2. The summed E-state index contributed by atoms with van der Waals surface area (Å²) in [5.74, 6) is 0. The molecule has 0 spiro atoms. The normalized spacial score (nSPS) is 17.9. The predicted octanol–water partition coefficient (Wildman–Crippen LogP) is 5.80. The molecular weight excluding hydrogens is 519 g/mol. The van der Waals surface area contributed by atoms with Crippen molar-refractivity contribution in [3.05, 3.63) is 127 Å². The van der Waals surface area contributed by atoms with Gasteiger partial charge in [-0.25, -0.2) is 13.1 Å². The van der Waals surface area contributed by atoms with Crippen LogP contribution in [0.25, 0.3) is 6.08 Å². The number of sulfonamides is 1. The summed E-state index contributed by atoms with van der Waals surface area (Å²) in [7, 11) is -4.42. The van der Waals surface area contributed by atoms with E-state index in [0.717, 1.165) is 36.8 Å². The first-order chi connectivity index (χ1) is 19.0. The van der Waals surface area contributed by atoms with Crippen LogP contribution in [0.4, 0.5) is 0 Å². The van der Waals surface area contributed by atoms with Crippen molar-refractivity contribution >= 4 is 46.1 Å². The van der Waals surface area contributed by atoms with Gasteiger partial charge in [0.25, 0.3) is 0 Å². The summed E-state index contributed by atoms with van der Waals surface area (Å²) in [6.45, 7) is 3.74. The van der Waals surface area contributed by atoms with Gasteiger partial charge in [-0.3, -0.25) is 4.99 Å². The summed E-state index contributed by atoms with van der Waals surface area (Å²) < 4.78 is 29.3. The van der Waals surface area contributed by atoms with Gasteiger partial charge in [-0.15, -0.1) is 0 Å². The molecule has 1 fully saturated rings. The number of nitrogens with zero attached hydrogens (tertiary/aromatic N) is 1. The maximum atomic E-state index is 13.2. The summed E-state index contributed by atoms with van der Waals surface area (Å²) in [5, 5.41) is 3.81. The first kappa shape index (κ1) is 27.2. The van der Waals surface area contributed by atoms with Crippen LogP contribution in [0.15, 0.2) is 126 Å². The number of rotatable bonds is 9. The average Bonchev–Trinajstić information content (AvgIpc) is 2.98. The Morgan fingerprint density at radius 2 is 1.36 bits per heavy atom. The molecule has 4 aromatic rings. The Balaban J connectivity index is 1.43. The number of benzene rings is 4. The zero-order chi connectivity index (χ0) is 27.1. The molecule has 5 rings (SSSR count). The summed E-state index contributed by atoms with van der Waals surface area (Å²) in [6, 6.07) is 36.1. The standard InChI is InChI=1S/C33H33N2O2PS/c1-2-26-21-23-30(24-22-26)39(36,37)35-32-19-11-10-18-31(32)34-25-27-13-9-12-20-33(27)38(28-14-5-3-6-15-28)29-16-7-4-8-17-29/h2-9,12-17,20-25,31-32,35H,1,10-11,18-19H2/t31-,32-/m1/s1. The second-order valence-electron chi connectivity index (χ2n) is 9.70. The van der Waals surface area contributed by atoms with Crippen molar-refractivity contribution in [1.82, 2.24) is 4.72 Å². The molecule has 4 nitrogen and oxygen atoms in total.